The van der Waals surface area contributed by atoms with E-state index >= 15 is 0 Å². The van der Waals surface area contributed by atoms with Crippen molar-refractivity contribution in [1.82, 2.24) is 0 Å². The highest BCUT2D eigenvalue weighted by Gasteiger charge is 1.90. The quantitative estimate of drug-likeness (QED) is 0.399. The molecule has 53 valence electrons. The summed E-state index contributed by atoms with van der Waals surface area (Å²) in [7, 11) is 0. The van der Waals surface area contributed by atoms with Gasteiger partial charge in [0.1, 0.15) is 0 Å². The van der Waals surface area contributed by atoms with Gasteiger partial charge < -0.3 is 0 Å². The smallest absolute Gasteiger partial charge is 0.0303 e. The molecule has 9 heavy (non-hydrogen) atoms. The molecule has 0 heteroatoms. The first-order chi connectivity index (χ1) is 4.27. The van der Waals surface area contributed by atoms with Crippen molar-refractivity contribution in [2.75, 3.05) is 0 Å². The molecular weight excluding hydrogens is 108 g/mol. The van der Waals surface area contributed by atoms with Gasteiger partial charge in [0.15, 0.2) is 0 Å². The molecule has 0 spiro atoms. The molecule has 0 unspecified atom stereocenters. The van der Waals surface area contributed by atoms with Crippen molar-refractivity contribution in [3.05, 3.63) is 18.1 Å². The molecule has 0 aliphatic carbocycles. The van der Waals surface area contributed by atoms with Crippen molar-refractivity contribution in [1.29, 1.82) is 0 Å². The van der Waals surface area contributed by atoms with Crippen molar-refractivity contribution in [2.24, 2.45) is 0 Å². The number of rotatable bonds is 4. The van der Waals surface area contributed by atoms with Gasteiger partial charge in [-0.05, 0) is 32.1 Å². The van der Waals surface area contributed by atoms with Crippen LogP contribution in [0, 0.1) is 5.92 Å². The molecular formula is C9H17. The summed E-state index contributed by atoms with van der Waals surface area (Å²) in [5.74, 6) is 1.54. The lowest BCUT2D eigenvalue weighted by Crippen LogP contribution is -1.82. The first-order valence-corrected chi connectivity index (χ1v) is 3.67. The molecule has 0 aliphatic rings. The van der Waals surface area contributed by atoms with Gasteiger partial charge in [-0.2, -0.15) is 0 Å². The third kappa shape index (κ3) is 7.74. The maximum Gasteiger partial charge on any atom is -0.0303 e. The second kappa shape index (κ2) is 5.87. The van der Waals surface area contributed by atoms with Crippen molar-refractivity contribution >= 4 is 0 Å². The van der Waals surface area contributed by atoms with Crippen LogP contribution in [0.25, 0.3) is 0 Å². The number of allylic oxidation sites excluding steroid dienone is 2. The summed E-state index contributed by atoms with van der Waals surface area (Å²) in [6.07, 6.45) is 8.17. The molecule has 0 bridgehead atoms. The van der Waals surface area contributed by atoms with Gasteiger partial charge in [-0.25, -0.2) is 0 Å². The molecule has 0 amide bonds. The third-order valence-electron chi connectivity index (χ3n) is 1.28. The van der Waals surface area contributed by atoms with Gasteiger partial charge in [0.25, 0.3) is 0 Å². The Kier molecular flexibility index (Phi) is 5.70. The third-order valence-corrected chi connectivity index (χ3v) is 1.28. The lowest BCUT2D eigenvalue weighted by molar-refractivity contribution is 0.760. The summed E-state index contributed by atoms with van der Waals surface area (Å²) in [6, 6.07) is 0. The first-order valence-electron chi connectivity index (χ1n) is 3.67. The van der Waals surface area contributed by atoms with Gasteiger partial charge in [0, 0.05) is 0 Å². The minimum Gasteiger partial charge on any atom is -0.0917 e. The Morgan fingerprint density at radius 3 is 2.44 bits per heavy atom. The van der Waals surface area contributed by atoms with E-state index in [-0.39, 0.29) is 0 Å². The highest BCUT2D eigenvalue weighted by molar-refractivity contribution is 4.81. The minimum atomic E-state index is 1.24. The minimum absolute atomic E-state index is 1.24. The Balaban J connectivity index is 2.91. The highest BCUT2D eigenvalue weighted by atomic mass is 14.0. The van der Waals surface area contributed by atoms with E-state index in [2.05, 4.69) is 32.9 Å². The SMILES string of the molecule is CC=CCCC[C](C)C. The van der Waals surface area contributed by atoms with E-state index in [0.29, 0.717) is 0 Å². The molecule has 0 heterocycles. The average molecular weight is 125 g/mol. The molecule has 0 atom stereocenters. The van der Waals surface area contributed by atoms with Crippen molar-refractivity contribution < 1.29 is 0 Å². The average Bonchev–Trinajstić information content (AvgIpc) is 1.80. The molecule has 0 fully saturated rings. The second-order valence-corrected chi connectivity index (χ2v) is 2.67. The van der Waals surface area contributed by atoms with Crippen LogP contribution >= 0.6 is 0 Å². The molecule has 0 N–H and O–H groups in total. The molecule has 0 aromatic carbocycles. The van der Waals surface area contributed by atoms with Crippen molar-refractivity contribution in [2.45, 2.75) is 40.0 Å². The van der Waals surface area contributed by atoms with E-state index < -0.39 is 0 Å². The van der Waals surface area contributed by atoms with Crippen LogP contribution in [0.4, 0.5) is 0 Å². The van der Waals surface area contributed by atoms with E-state index in [1.54, 1.807) is 5.92 Å². The first kappa shape index (κ1) is 8.74. The van der Waals surface area contributed by atoms with Crippen LogP contribution in [0.3, 0.4) is 0 Å². The van der Waals surface area contributed by atoms with E-state index in [0.717, 1.165) is 0 Å². The maximum atomic E-state index is 2.23. The van der Waals surface area contributed by atoms with Gasteiger partial charge in [-0.3, -0.25) is 0 Å². The van der Waals surface area contributed by atoms with Crippen molar-refractivity contribution in [3.63, 3.8) is 0 Å². The van der Waals surface area contributed by atoms with Crippen LogP contribution in [0.1, 0.15) is 40.0 Å². The molecule has 0 nitrogen and oxygen atoms in total. The molecule has 0 aromatic heterocycles. The zero-order chi connectivity index (χ0) is 7.11. The van der Waals surface area contributed by atoms with E-state index in [1.807, 2.05) is 0 Å². The van der Waals surface area contributed by atoms with E-state index in [4.69, 9.17) is 0 Å². The lowest BCUT2D eigenvalue weighted by Gasteiger charge is -1.99. The van der Waals surface area contributed by atoms with Gasteiger partial charge in [0.2, 0.25) is 0 Å². The van der Waals surface area contributed by atoms with Gasteiger partial charge >= 0.3 is 0 Å². The summed E-state index contributed by atoms with van der Waals surface area (Å²) < 4.78 is 0. The summed E-state index contributed by atoms with van der Waals surface area (Å²) in [6.45, 7) is 6.45. The zero-order valence-electron chi connectivity index (χ0n) is 6.78. The van der Waals surface area contributed by atoms with Gasteiger partial charge in [0.05, 0.1) is 0 Å². The Morgan fingerprint density at radius 1 is 1.33 bits per heavy atom. The summed E-state index contributed by atoms with van der Waals surface area (Å²) >= 11 is 0. The zero-order valence-corrected chi connectivity index (χ0v) is 6.78. The molecule has 0 aliphatic heterocycles. The Bertz CT molecular complexity index is 70.1. The van der Waals surface area contributed by atoms with Crippen LogP contribution < -0.4 is 0 Å². The molecule has 0 saturated heterocycles. The van der Waals surface area contributed by atoms with E-state index in [9.17, 15) is 0 Å². The highest BCUT2D eigenvalue weighted by Crippen LogP contribution is 2.07. The summed E-state index contributed by atoms with van der Waals surface area (Å²) in [4.78, 5) is 0. The normalized spacial score (nSPS) is 11.6. The Labute approximate surface area is 59.0 Å². The van der Waals surface area contributed by atoms with Gasteiger partial charge in [-0.15, -0.1) is 0 Å². The largest absolute Gasteiger partial charge is 0.0917 e. The number of hydrogen-bond acceptors (Lipinski definition) is 0. The lowest BCUT2D eigenvalue weighted by atomic mass is 10.1. The molecule has 0 rings (SSSR count). The molecule has 0 aromatic rings. The van der Waals surface area contributed by atoms with E-state index in [1.165, 1.54) is 19.3 Å². The van der Waals surface area contributed by atoms with Crippen LogP contribution in [0.2, 0.25) is 0 Å². The predicted molar refractivity (Wildman–Crippen MR) is 43.3 cm³/mol. The standard InChI is InChI=1S/C9H17/c1-4-5-6-7-8-9(2)3/h4-5H,6-8H2,1-3H3. The number of unbranched alkanes of at least 4 members (excludes halogenated alkanes) is 1. The Hall–Kier alpha value is -0.260. The van der Waals surface area contributed by atoms with Crippen LogP contribution in [-0.4, -0.2) is 0 Å². The summed E-state index contributed by atoms with van der Waals surface area (Å²) in [5, 5.41) is 0. The fraction of sp³-hybridized carbons (Fsp3) is 0.667. The van der Waals surface area contributed by atoms with Crippen LogP contribution in [0.5, 0.6) is 0 Å². The molecule has 1 radical (unpaired) electrons. The second-order valence-electron chi connectivity index (χ2n) is 2.67. The summed E-state index contributed by atoms with van der Waals surface area (Å²) in [5.41, 5.74) is 0. The fourth-order valence-corrected chi connectivity index (χ4v) is 0.740. The fourth-order valence-electron chi connectivity index (χ4n) is 0.740. The van der Waals surface area contributed by atoms with Crippen LogP contribution in [0.15, 0.2) is 12.2 Å². The van der Waals surface area contributed by atoms with Crippen molar-refractivity contribution in [3.8, 4) is 0 Å². The predicted octanol–water partition coefficient (Wildman–Crippen LogP) is 3.35. The van der Waals surface area contributed by atoms with Gasteiger partial charge in [-0.1, -0.05) is 26.0 Å². The maximum absolute atomic E-state index is 2.23. The van der Waals surface area contributed by atoms with Crippen LogP contribution in [-0.2, 0) is 0 Å². The molecule has 0 saturated carbocycles. The monoisotopic (exact) mass is 125 g/mol. The number of hydrogen-bond donors (Lipinski definition) is 0. The Morgan fingerprint density at radius 2 is 2.00 bits per heavy atom. The topological polar surface area (TPSA) is 0 Å².